The van der Waals surface area contributed by atoms with Crippen molar-refractivity contribution in [2.24, 2.45) is 0 Å². The molecule has 0 aliphatic carbocycles. The summed E-state index contributed by atoms with van der Waals surface area (Å²) in [4.78, 5) is 36.6. The summed E-state index contributed by atoms with van der Waals surface area (Å²) < 4.78 is 5.25. The number of carbonyl (C=O) groups is 3. The van der Waals surface area contributed by atoms with Crippen LogP contribution < -0.4 is 20.8 Å². The van der Waals surface area contributed by atoms with Crippen LogP contribution in [0.1, 0.15) is 36.5 Å². The Morgan fingerprint density at radius 3 is 2.67 bits per heavy atom. The minimum Gasteiger partial charge on any atom is -0.497 e. The van der Waals surface area contributed by atoms with Gasteiger partial charge in [-0.3, -0.25) is 14.6 Å². The van der Waals surface area contributed by atoms with Crippen LogP contribution in [0.5, 0.6) is 5.75 Å². The predicted octanol–water partition coefficient (Wildman–Crippen LogP) is 3.42. The van der Waals surface area contributed by atoms with Crippen LogP contribution in [0.25, 0.3) is 0 Å². The van der Waals surface area contributed by atoms with E-state index in [9.17, 15) is 14.4 Å². The highest BCUT2D eigenvalue weighted by Gasteiger charge is 2.26. The summed E-state index contributed by atoms with van der Waals surface area (Å²) in [5, 5.41) is 16.1. The van der Waals surface area contributed by atoms with E-state index in [0.29, 0.717) is 36.5 Å². The van der Waals surface area contributed by atoms with Crippen molar-refractivity contribution in [2.75, 3.05) is 20.2 Å². The zero-order valence-corrected chi connectivity index (χ0v) is 21.2. The van der Waals surface area contributed by atoms with Crippen molar-refractivity contribution < 1.29 is 24.2 Å². The minimum atomic E-state index is -1.09. The first-order valence-corrected chi connectivity index (χ1v) is 12.0. The Morgan fingerprint density at radius 2 is 1.92 bits per heavy atom. The molecule has 1 aliphatic rings. The number of rotatable bonds is 11. The van der Waals surface area contributed by atoms with Gasteiger partial charge in [-0.1, -0.05) is 35.4 Å². The molecule has 4 N–H and O–H groups in total. The highest BCUT2D eigenvalue weighted by atomic mass is 35.5. The second-order valence-electron chi connectivity index (χ2n) is 8.50. The molecular formula is C26H31ClN4O5. The van der Waals surface area contributed by atoms with Gasteiger partial charge in [0.25, 0.3) is 5.91 Å². The number of amides is 3. The van der Waals surface area contributed by atoms with Crippen LogP contribution in [-0.4, -0.2) is 48.2 Å². The molecular weight excluding hydrogens is 484 g/mol. The zero-order chi connectivity index (χ0) is 26.1. The molecule has 2 aromatic rings. The molecule has 0 fully saturated rings. The fourth-order valence-electron chi connectivity index (χ4n) is 3.95. The molecule has 2 aromatic carbocycles. The monoisotopic (exact) mass is 514 g/mol. The van der Waals surface area contributed by atoms with Crippen LogP contribution in [0.3, 0.4) is 0 Å². The van der Waals surface area contributed by atoms with Crippen LogP contribution in [-0.2, 0) is 29.1 Å². The Morgan fingerprint density at radius 1 is 1.11 bits per heavy atom. The van der Waals surface area contributed by atoms with Crippen LogP contribution >= 0.6 is 11.6 Å². The van der Waals surface area contributed by atoms with Gasteiger partial charge in [-0.2, -0.15) is 0 Å². The van der Waals surface area contributed by atoms with E-state index in [1.165, 1.54) is 0 Å². The molecule has 9 nitrogen and oxygen atoms in total. The summed E-state index contributed by atoms with van der Waals surface area (Å²) in [5.74, 6) is 0.260. The third-order valence-corrected chi connectivity index (χ3v) is 6.22. The van der Waals surface area contributed by atoms with E-state index in [0.717, 1.165) is 28.0 Å². The SMILES string of the molecule is COc1cccc(CNN2CCC(C)=C(CC(=O)NCc3cc(Cl)ccc3CCNC(=O)O)C2=O)c1. The molecule has 0 atom stereocenters. The molecule has 192 valence electrons. The molecule has 0 spiro atoms. The number of nitrogens with zero attached hydrogens (tertiary/aromatic N) is 1. The average molecular weight is 515 g/mol. The Bertz CT molecular complexity index is 1150. The number of ether oxygens (including phenoxy) is 1. The van der Waals surface area contributed by atoms with Crippen molar-refractivity contribution in [3.05, 3.63) is 75.3 Å². The number of methoxy groups -OCH3 is 1. The van der Waals surface area contributed by atoms with E-state index in [1.807, 2.05) is 37.3 Å². The van der Waals surface area contributed by atoms with E-state index in [1.54, 1.807) is 24.3 Å². The van der Waals surface area contributed by atoms with Gasteiger partial charge in [0.1, 0.15) is 5.75 Å². The molecule has 0 radical (unpaired) electrons. The number of carboxylic acid groups (broad SMARTS) is 1. The van der Waals surface area contributed by atoms with Crippen LogP contribution in [0, 0.1) is 0 Å². The van der Waals surface area contributed by atoms with Gasteiger partial charge in [0.05, 0.1) is 13.5 Å². The number of hydrazine groups is 1. The maximum atomic E-state index is 13.1. The minimum absolute atomic E-state index is 0.0293. The molecule has 0 saturated carbocycles. The average Bonchev–Trinajstić information content (AvgIpc) is 2.85. The van der Waals surface area contributed by atoms with Crippen molar-refractivity contribution >= 4 is 29.5 Å². The lowest BCUT2D eigenvalue weighted by Crippen LogP contribution is -2.46. The summed E-state index contributed by atoms with van der Waals surface area (Å²) >= 11 is 6.12. The molecule has 0 unspecified atom stereocenters. The quantitative estimate of drug-likeness (QED) is 0.365. The molecule has 1 aliphatic heterocycles. The van der Waals surface area contributed by atoms with E-state index in [4.69, 9.17) is 21.4 Å². The van der Waals surface area contributed by atoms with Gasteiger partial charge in [0, 0.05) is 36.8 Å². The summed E-state index contributed by atoms with van der Waals surface area (Å²) in [5.41, 5.74) is 7.20. The van der Waals surface area contributed by atoms with E-state index in [2.05, 4.69) is 16.1 Å². The fourth-order valence-corrected chi connectivity index (χ4v) is 4.14. The molecule has 3 amide bonds. The third kappa shape index (κ3) is 7.73. The normalized spacial score (nSPS) is 13.5. The summed E-state index contributed by atoms with van der Waals surface area (Å²) in [6, 6.07) is 12.9. The first-order chi connectivity index (χ1) is 17.3. The van der Waals surface area contributed by atoms with Crippen molar-refractivity contribution in [1.29, 1.82) is 0 Å². The standard InChI is InChI=1S/C26H31ClN4O5/c1-17-9-11-31(30-15-18-4-3-5-22(12-18)36-2)25(33)23(17)14-24(32)29-16-20-13-21(27)7-6-19(20)8-10-28-26(34)35/h3-7,12-13,28,30H,8-11,14-16H2,1-2H3,(H,29,32)(H,34,35). The number of hydrogen-bond donors (Lipinski definition) is 4. The predicted molar refractivity (Wildman–Crippen MR) is 137 cm³/mol. The third-order valence-electron chi connectivity index (χ3n) is 5.99. The van der Waals surface area contributed by atoms with E-state index < -0.39 is 6.09 Å². The van der Waals surface area contributed by atoms with E-state index in [-0.39, 0.29) is 31.3 Å². The summed E-state index contributed by atoms with van der Waals surface area (Å²) in [7, 11) is 1.61. The second kappa shape index (κ2) is 12.9. The molecule has 0 aromatic heterocycles. The summed E-state index contributed by atoms with van der Waals surface area (Å²) in [6.45, 7) is 3.33. The highest BCUT2D eigenvalue weighted by molar-refractivity contribution is 6.30. The number of nitrogens with one attached hydrogen (secondary N) is 3. The molecule has 0 bridgehead atoms. The van der Waals surface area contributed by atoms with Gasteiger partial charge in [-0.25, -0.2) is 10.2 Å². The first kappa shape index (κ1) is 27.0. The van der Waals surface area contributed by atoms with Crippen molar-refractivity contribution in [2.45, 2.75) is 39.3 Å². The van der Waals surface area contributed by atoms with Crippen molar-refractivity contribution in [3.63, 3.8) is 0 Å². The van der Waals surface area contributed by atoms with Gasteiger partial charge < -0.3 is 20.5 Å². The lowest BCUT2D eigenvalue weighted by Gasteiger charge is -2.30. The first-order valence-electron chi connectivity index (χ1n) is 11.6. The van der Waals surface area contributed by atoms with Crippen LogP contribution in [0.15, 0.2) is 53.6 Å². The maximum absolute atomic E-state index is 13.1. The number of hydrogen-bond acceptors (Lipinski definition) is 5. The number of halogens is 1. The lowest BCUT2D eigenvalue weighted by molar-refractivity contribution is -0.132. The molecule has 36 heavy (non-hydrogen) atoms. The van der Waals surface area contributed by atoms with Gasteiger partial charge in [0.15, 0.2) is 0 Å². The Balaban J connectivity index is 1.57. The number of benzene rings is 2. The van der Waals surface area contributed by atoms with Crippen molar-refractivity contribution in [1.82, 2.24) is 21.1 Å². The Kier molecular flexibility index (Phi) is 9.72. The Hall–Kier alpha value is -3.56. The smallest absolute Gasteiger partial charge is 0.404 e. The second-order valence-corrected chi connectivity index (χ2v) is 8.94. The molecule has 3 rings (SSSR count). The van der Waals surface area contributed by atoms with E-state index >= 15 is 0 Å². The van der Waals surface area contributed by atoms with Crippen LogP contribution in [0.2, 0.25) is 5.02 Å². The number of carbonyl (C=O) groups excluding carboxylic acids is 2. The van der Waals surface area contributed by atoms with Crippen molar-refractivity contribution in [3.8, 4) is 5.75 Å². The van der Waals surface area contributed by atoms with Crippen LogP contribution in [0.4, 0.5) is 4.79 Å². The van der Waals surface area contributed by atoms with Gasteiger partial charge >= 0.3 is 6.09 Å². The molecule has 10 heteroatoms. The topological polar surface area (TPSA) is 120 Å². The maximum Gasteiger partial charge on any atom is 0.404 e. The molecule has 1 heterocycles. The van der Waals surface area contributed by atoms with Gasteiger partial charge in [-0.05, 0) is 60.7 Å². The highest BCUT2D eigenvalue weighted by Crippen LogP contribution is 2.22. The van der Waals surface area contributed by atoms with Gasteiger partial charge in [0.2, 0.25) is 5.91 Å². The lowest BCUT2D eigenvalue weighted by atomic mass is 9.98. The fraction of sp³-hybridized carbons (Fsp3) is 0.346. The zero-order valence-electron chi connectivity index (χ0n) is 20.4. The Labute approximate surface area is 215 Å². The summed E-state index contributed by atoms with van der Waals surface area (Å²) in [6.07, 6.45) is 0.0183. The largest absolute Gasteiger partial charge is 0.497 e. The molecule has 0 saturated heterocycles. The van der Waals surface area contributed by atoms with Gasteiger partial charge in [-0.15, -0.1) is 0 Å².